The molecule has 4 heteroatoms. The van der Waals surface area contributed by atoms with Gasteiger partial charge in [0.2, 0.25) is 0 Å². The fourth-order valence-electron chi connectivity index (χ4n) is 2.11. The molecule has 0 spiro atoms. The molecule has 106 valence electrons. The molecule has 20 heavy (non-hydrogen) atoms. The summed E-state index contributed by atoms with van der Waals surface area (Å²) < 4.78 is 54.3. The largest absolute Gasteiger partial charge is 0.207 e. The van der Waals surface area contributed by atoms with Crippen LogP contribution < -0.4 is 0 Å². The minimum absolute atomic E-state index is 0.0165. The number of halogens is 4. The van der Waals surface area contributed by atoms with Gasteiger partial charge >= 0.3 is 0 Å². The number of hydrogen-bond acceptors (Lipinski definition) is 0. The summed E-state index contributed by atoms with van der Waals surface area (Å²) in [7, 11) is 0. The Balaban J connectivity index is 2.23. The molecular formula is C16H14F4. The van der Waals surface area contributed by atoms with Crippen molar-refractivity contribution in [2.45, 2.75) is 26.7 Å². The Labute approximate surface area is 115 Å². The first-order chi connectivity index (χ1) is 9.38. The summed E-state index contributed by atoms with van der Waals surface area (Å²) in [6.45, 7) is 3.05. The number of rotatable bonds is 3. The smallest absolute Gasteiger partial charge is 0.129 e. The minimum atomic E-state index is -0.657. The zero-order valence-corrected chi connectivity index (χ0v) is 11.2. The molecule has 0 atom stereocenters. The van der Waals surface area contributed by atoms with E-state index in [9.17, 15) is 17.6 Å². The van der Waals surface area contributed by atoms with E-state index < -0.39 is 23.3 Å². The van der Waals surface area contributed by atoms with Crippen LogP contribution in [0, 0.1) is 37.1 Å². The first-order valence-electron chi connectivity index (χ1n) is 6.27. The second kappa shape index (κ2) is 5.65. The molecule has 0 aliphatic carbocycles. The molecule has 0 fully saturated rings. The zero-order valence-electron chi connectivity index (χ0n) is 11.2. The topological polar surface area (TPSA) is 0 Å². The normalized spacial score (nSPS) is 10.9. The Morgan fingerprint density at radius 2 is 1.30 bits per heavy atom. The zero-order chi connectivity index (χ0) is 14.9. The SMILES string of the molecule is Cc1cc(F)c(CCc2cc(F)c(C)cc2F)c(F)c1. The average molecular weight is 282 g/mol. The van der Waals surface area contributed by atoms with E-state index in [0.29, 0.717) is 5.56 Å². The molecule has 0 heterocycles. The Kier molecular flexibility index (Phi) is 4.12. The van der Waals surface area contributed by atoms with Crippen molar-refractivity contribution in [2.24, 2.45) is 0 Å². The van der Waals surface area contributed by atoms with Crippen LogP contribution in [0.2, 0.25) is 0 Å². The first-order valence-corrected chi connectivity index (χ1v) is 6.27. The summed E-state index contributed by atoms with van der Waals surface area (Å²) in [5.74, 6) is -2.39. The summed E-state index contributed by atoms with van der Waals surface area (Å²) in [4.78, 5) is 0. The van der Waals surface area contributed by atoms with Crippen molar-refractivity contribution >= 4 is 0 Å². The maximum atomic E-state index is 13.7. The van der Waals surface area contributed by atoms with E-state index in [1.165, 1.54) is 19.1 Å². The van der Waals surface area contributed by atoms with Crippen LogP contribution in [0.15, 0.2) is 24.3 Å². The van der Waals surface area contributed by atoms with Crippen LogP contribution in [-0.2, 0) is 12.8 Å². The average Bonchev–Trinajstić information content (AvgIpc) is 2.33. The summed E-state index contributed by atoms with van der Waals surface area (Å²) >= 11 is 0. The highest BCUT2D eigenvalue weighted by Gasteiger charge is 2.13. The summed E-state index contributed by atoms with van der Waals surface area (Å²) in [5.41, 5.74) is 0.707. The predicted molar refractivity (Wildman–Crippen MR) is 69.6 cm³/mol. The highest BCUT2D eigenvalue weighted by atomic mass is 19.1. The highest BCUT2D eigenvalue weighted by Crippen LogP contribution is 2.20. The van der Waals surface area contributed by atoms with Gasteiger partial charge in [0.25, 0.3) is 0 Å². The van der Waals surface area contributed by atoms with E-state index in [1.54, 1.807) is 6.92 Å². The first kappa shape index (κ1) is 14.6. The van der Waals surface area contributed by atoms with Crippen molar-refractivity contribution in [1.82, 2.24) is 0 Å². The molecular weight excluding hydrogens is 268 g/mol. The van der Waals surface area contributed by atoms with Crippen LogP contribution in [-0.4, -0.2) is 0 Å². The number of hydrogen-bond donors (Lipinski definition) is 0. The van der Waals surface area contributed by atoms with Gasteiger partial charge in [-0.3, -0.25) is 0 Å². The summed E-state index contributed by atoms with van der Waals surface area (Å²) in [5, 5.41) is 0. The molecule has 2 aromatic rings. The molecule has 0 amide bonds. The molecule has 0 unspecified atom stereocenters. The van der Waals surface area contributed by atoms with E-state index in [4.69, 9.17) is 0 Å². The van der Waals surface area contributed by atoms with Crippen LogP contribution in [0.25, 0.3) is 0 Å². The van der Waals surface area contributed by atoms with E-state index in [0.717, 1.165) is 12.1 Å². The van der Waals surface area contributed by atoms with Crippen molar-refractivity contribution in [3.8, 4) is 0 Å². The van der Waals surface area contributed by atoms with E-state index in [2.05, 4.69) is 0 Å². The van der Waals surface area contributed by atoms with Gasteiger partial charge < -0.3 is 0 Å². The Morgan fingerprint density at radius 1 is 0.700 bits per heavy atom. The van der Waals surface area contributed by atoms with E-state index in [-0.39, 0.29) is 29.5 Å². The van der Waals surface area contributed by atoms with Gasteiger partial charge in [-0.2, -0.15) is 0 Å². The van der Waals surface area contributed by atoms with Crippen LogP contribution in [0.5, 0.6) is 0 Å². The Hall–Kier alpha value is -1.84. The summed E-state index contributed by atoms with van der Waals surface area (Å²) in [6.07, 6.45) is 0.0251. The standard InChI is InChI=1S/C16H14F4/c1-9-5-15(19)12(16(20)6-9)4-3-11-8-13(17)10(2)7-14(11)18/h5-8H,3-4H2,1-2H3. The Morgan fingerprint density at radius 3 is 1.90 bits per heavy atom. The van der Waals surface area contributed by atoms with Gasteiger partial charge in [-0.05, 0) is 67.6 Å². The maximum absolute atomic E-state index is 13.7. The predicted octanol–water partition coefficient (Wildman–Crippen LogP) is 4.65. The van der Waals surface area contributed by atoms with Gasteiger partial charge in [-0.1, -0.05) is 0 Å². The summed E-state index contributed by atoms with van der Waals surface area (Å²) in [6, 6.07) is 4.62. The lowest BCUT2D eigenvalue weighted by molar-refractivity contribution is 0.546. The second-order valence-electron chi connectivity index (χ2n) is 4.90. The minimum Gasteiger partial charge on any atom is -0.207 e. The molecule has 0 saturated carbocycles. The lowest BCUT2D eigenvalue weighted by Crippen LogP contribution is -2.02. The van der Waals surface area contributed by atoms with Gasteiger partial charge in [-0.25, -0.2) is 17.6 Å². The van der Waals surface area contributed by atoms with E-state index in [1.807, 2.05) is 0 Å². The molecule has 0 radical (unpaired) electrons. The molecule has 2 rings (SSSR count). The molecule has 0 nitrogen and oxygen atoms in total. The van der Waals surface area contributed by atoms with Crippen LogP contribution in [0.3, 0.4) is 0 Å². The molecule has 0 saturated heterocycles. The van der Waals surface area contributed by atoms with Crippen molar-refractivity contribution in [2.75, 3.05) is 0 Å². The van der Waals surface area contributed by atoms with Gasteiger partial charge in [-0.15, -0.1) is 0 Å². The Bertz CT molecular complexity index is 624. The van der Waals surface area contributed by atoms with Crippen LogP contribution >= 0.6 is 0 Å². The van der Waals surface area contributed by atoms with Crippen molar-refractivity contribution in [3.63, 3.8) is 0 Å². The third-order valence-electron chi connectivity index (χ3n) is 3.26. The fourth-order valence-corrected chi connectivity index (χ4v) is 2.11. The molecule has 0 aliphatic rings. The lowest BCUT2D eigenvalue weighted by Gasteiger charge is -2.08. The molecule has 2 aromatic carbocycles. The van der Waals surface area contributed by atoms with Gasteiger partial charge in [0, 0.05) is 5.56 Å². The van der Waals surface area contributed by atoms with Crippen LogP contribution in [0.1, 0.15) is 22.3 Å². The highest BCUT2D eigenvalue weighted by molar-refractivity contribution is 5.29. The van der Waals surface area contributed by atoms with Gasteiger partial charge in [0.05, 0.1) is 0 Å². The van der Waals surface area contributed by atoms with E-state index >= 15 is 0 Å². The fraction of sp³-hybridized carbons (Fsp3) is 0.250. The third kappa shape index (κ3) is 3.00. The second-order valence-corrected chi connectivity index (χ2v) is 4.90. The lowest BCUT2D eigenvalue weighted by atomic mass is 10.0. The number of benzene rings is 2. The monoisotopic (exact) mass is 282 g/mol. The van der Waals surface area contributed by atoms with Gasteiger partial charge in [0.15, 0.2) is 0 Å². The quantitative estimate of drug-likeness (QED) is 0.719. The van der Waals surface area contributed by atoms with Crippen LogP contribution in [0.4, 0.5) is 17.6 Å². The molecule has 0 bridgehead atoms. The van der Waals surface area contributed by atoms with Gasteiger partial charge in [0.1, 0.15) is 23.3 Å². The van der Waals surface area contributed by atoms with Crippen molar-refractivity contribution in [3.05, 3.63) is 69.8 Å². The van der Waals surface area contributed by atoms with Crippen molar-refractivity contribution < 1.29 is 17.6 Å². The molecule has 0 N–H and O–H groups in total. The maximum Gasteiger partial charge on any atom is 0.129 e. The third-order valence-corrected chi connectivity index (χ3v) is 3.26. The molecule has 0 aromatic heterocycles. The van der Waals surface area contributed by atoms with Crippen molar-refractivity contribution in [1.29, 1.82) is 0 Å². The number of aryl methyl sites for hydroxylation is 3. The molecule has 0 aliphatic heterocycles.